The van der Waals surface area contributed by atoms with Gasteiger partial charge in [0.15, 0.2) is 0 Å². The van der Waals surface area contributed by atoms with Crippen LogP contribution in [-0.4, -0.2) is 54.5 Å². The first kappa shape index (κ1) is 26.1. The Morgan fingerprint density at radius 3 is 2.09 bits per heavy atom. The van der Waals surface area contributed by atoms with Gasteiger partial charge in [0, 0.05) is 25.3 Å². The normalized spacial score (nSPS) is 11.3. The maximum Gasteiger partial charge on any atom is 0.416 e. The van der Waals surface area contributed by atoms with Crippen LogP contribution in [0.25, 0.3) is 0 Å². The van der Waals surface area contributed by atoms with E-state index in [0.29, 0.717) is 39.5 Å². The molecule has 0 aliphatic heterocycles. The first-order valence-electron chi connectivity index (χ1n) is 11.0. The van der Waals surface area contributed by atoms with Gasteiger partial charge in [-0.1, -0.05) is 36.4 Å². The summed E-state index contributed by atoms with van der Waals surface area (Å²) in [6.07, 6.45) is -4.46. The highest BCUT2D eigenvalue weighted by molar-refractivity contribution is 5.55. The Hall–Kier alpha value is -3.48. The Morgan fingerprint density at radius 1 is 0.743 bits per heavy atom. The van der Waals surface area contributed by atoms with Crippen molar-refractivity contribution >= 4 is 23.5 Å². The predicted molar refractivity (Wildman–Crippen MR) is 128 cm³/mol. The van der Waals surface area contributed by atoms with Gasteiger partial charge in [-0.05, 0) is 23.8 Å². The standard InChI is InChI=1S/C23H28F3N7O2/c24-23(25,26)19-9-5-4-6-17(19)16-29-21-31-20(28-11-13-35-15-14-34-12-10-27)32-22(33-21)30-18-7-2-1-3-8-18/h1-9H,10-16,27H2,(H3,28,29,30,31,32,33). The van der Waals surface area contributed by atoms with Gasteiger partial charge in [0.1, 0.15) is 0 Å². The van der Waals surface area contributed by atoms with Gasteiger partial charge in [0.05, 0.1) is 32.0 Å². The summed E-state index contributed by atoms with van der Waals surface area (Å²) in [5, 5.41) is 8.98. The lowest BCUT2D eigenvalue weighted by atomic mass is 10.1. The van der Waals surface area contributed by atoms with Crippen molar-refractivity contribution in [2.75, 3.05) is 55.5 Å². The number of hydrogen-bond acceptors (Lipinski definition) is 9. The van der Waals surface area contributed by atoms with E-state index in [9.17, 15) is 13.2 Å². The van der Waals surface area contributed by atoms with Crippen LogP contribution < -0.4 is 21.7 Å². The second kappa shape index (κ2) is 13.4. The molecule has 0 bridgehead atoms. The van der Waals surface area contributed by atoms with E-state index < -0.39 is 11.7 Å². The fourth-order valence-electron chi connectivity index (χ4n) is 3.01. The second-order valence-corrected chi connectivity index (χ2v) is 7.25. The zero-order valence-corrected chi connectivity index (χ0v) is 19.0. The summed E-state index contributed by atoms with van der Waals surface area (Å²) in [7, 11) is 0. The lowest BCUT2D eigenvalue weighted by Gasteiger charge is -2.14. The molecule has 0 aliphatic carbocycles. The van der Waals surface area contributed by atoms with Crippen molar-refractivity contribution < 1.29 is 22.6 Å². The Kier molecular flexibility index (Phi) is 10.0. The largest absolute Gasteiger partial charge is 0.416 e. The number of nitrogens with two attached hydrogens (primary N) is 1. The van der Waals surface area contributed by atoms with Crippen molar-refractivity contribution in [3.8, 4) is 0 Å². The SMILES string of the molecule is NCCOCCOCCNc1nc(NCc2ccccc2C(F)(F)F)nc(Nc2ccccc2)n1. The van der Waals surface area contributed by atoms with Crippen LogP contribution in [0, 0.1) is 0 Å². The zero-order valence-electron chi connectivity index (χ0n) is 19.0. The van der Waals surface area contributed by atoms with Gasteiger partial charge in [0.25, 0.3) is 0 Å². The van der Waals surface area contributed by atoms with E-state index in [-0.39, 0.29) is 30.0 Å². The van der Waals surface area contributed by atoms with Crippen molar-refractivity contribution in [1.82, 2.24) is 15.0 Å². The fourth-order valence-corrected chi connectivity index (χ4v) is 3.01. The molecular formula is C23H28F3N7O2. The van der Waals surface area contributed by atoms with E-state index >= 15 is 0 Å². The number of benzene rings is 2. The first-order valence-corrected chi connectivity index (χ1v) is 11.0. The van der Waals surface area contributed by atoms with Crippen molar-refractivity contribution in [3.05, 3.63) is 65.7 Å². The summed E-state index contributed by atoms with van der Waals surface area (Å²) in [6, 6.07) is 14.6. The molecule has 9 nitrogen and oxygen atoms in total. The van der Waals surface area contributed by atoms with Gasteiger partial charge < -0.3 is 31.2 Å². The lowest BCUT2D eigenvalue weighted by molar-refractivity contribution is -0.138. The molecule has 35 heavy (non-hydrogen) atoms. The summed E-state index contributed by atoms with van der Waals surface area (Å²) < 4.78 is 50.7. The third-order valence-corrected chi connectivity index (χ3v) is 4.59. The average molecular weight is 492 g/mol. The fraction of sp³-hybridized carbons (Fsp3) is 0.348. The molecule has 0 radical (unpaired) electrons. The van der Waals surface area contributed by atoms with Crippen LogP contribution in [-0.2, 0) is 22.2 Å². The van der Waals surface area contributed by atoms with Crippen molar-refractivity contribution in [2.24, 2.45) is 5.73 Å². The van der Waals surface area contributed by atoms with Crippen LogP contribution in [0.4, 0.5) is 36.7 Å². The number of para-hydroxylation sites is 1. The number of aromatic nitrogens is 3. The molecule has 1 heterocycles. The van der Waals surface area contributed by atoms with E-state index in [1.54, 1.807) is 6.07 Å². The minimum absolute atomic E-state index is 0.0812. The highest BCUT2D eigenvalue weighted by Gasteiger charge is 2.32. The molecule has 0 atom stereocenters. The topological polar surface area (TPSA) is 119 Å². The predicted octanol–water partition coefficient (Wildman–Crippen LogP) is 3.65. The average Bonchev–Trinajstić information content (AvgIpc) is 2.84. The Morgan fingerprint density at radius 2 is 1.37 bits per heavy atom. The third kappa shape index (κ3) is 9.00. The molecular weight excluding hydrogens is 463 g/mol. The van der Waals surface area contributed by atoms with Crippen LogP contribution in [0.2, 0.25) is 0 Å². The number of rotatable bonds is 14. The second-order valence-electron chi connectivity index (χ2n) is 7.25. The number of alkyl halides is 3. The van der Waals surface area contributed by atoms with Crippen LogP contribution in [0.15, 0.2) is 54.6 Å². The molecule has 0 saturated heterocycles. The summed E-state index contributed by atoms with van der Waals surface area (Å²) in [6.45, 7) is 2.47. The highest BCUT2D eigenvalue weighted by Crippen LogP contribution is 2.32. The molecule has 0 aliphatic rings. The van der Waals surface area contributed by atoms with Crippen LogP contribution >= 0.6 is 0 Å². The van der Waals surface area contributed by atoms with Gasteiger partial charge >= 0.3 is 6.18 Å². The number of nitrogens with zero attached hydrogens (tertiary/aromatic N) is 3. The Labute approximate surface area is 201 Å². The number of anilines is 4. The maximum atomic E-state index is 13.3. The summed E-state index contributed by atoms with van der Waals surface area (Å²) in [5.74, 6) is 0.596. The lowest BCUT2D eigenvalue weighted by Crippen LogP contribution is -2.17. The van der Waals surface area contributed by atoms with Gasteiger partial charge in [-0.2, -0.15) is 28.1 Å². The molecule has 2 aromatic carbocycles. The molecule has 0 unspecified atom stereocenters. The molecule has 3 rings (SSSR count). The molecule has 0 spiro atoms. The molecule has 12 heteroatoms. The first-order chi connectivity index (χ1) is 17.0. The number of halogens is 3. The van der Waals surface area contributed by atoms with E-state index in [1.165, 1.54) is 12.1 Å². The van der Waals surface area contributed by atoms with Crippen molar-refractivity contribution in [1.29, 1.82) is 0 Å². The Bertz CT molecular complexity index is 1040. The number of hydrogen-bond donors (Lipinski definition) is 4. The molecule has 5 N–H and O–H groups in total. The van der Waals surface area contributed by atoms with Crippen molar-refractivity contribution in [2.45, 2.75) is 12.7 Å². The smallest absolute Gasteiger partial charge is 0.378 e. The number of nitrogens with one attached hydrogen (secondary N) is 3. The zero-order chi connectivity index (χ0) is 24.9. The number of ether oxygens (including phenoxy) is 2. The van der Waals surface area contributed by atoms with Gasteiger partial charge in [-0.3, -0.25) is 0 Å². The van der Waals surface area contributed by atoms with Gasteiger partial charge in [-0.25, -0.2) is 0 Å². The van der Waals surface area contributed by atoms with E-state index in [2.05, 4.69) is 30.9 Å². The summed E-state index contributed by atoms with van der Waals surface area (Å²) in [5.41, 5.74) is 5.47. The van der Waals surface area contributed by atoms with Gasteiger partial charge in [-0.15, -0.1) is 0 Å². The van der Waals surface area contributed by atoms with Crippen LogP contribution in [0.5, 0.6) is 0 Å². The monoisotopic (exact) mass is 491 g/mol. The molecule has 1 aromatic heterocycles. The third-order valence-electron chi connectivity index (χ3n) is 4.59. The van der Waals surface area contributed by atoms with Crippen molar-refractivity contribution in [3.63, 3.8) is 0 Å². The quantitative estimate of drug-likeness (QED) is 0.251. The molecule has 3 aromatic rings. The Balaban J connectivity index is 1.66. The van der Waals surface area contributed by atoms with E-state index in [1.807, 2.05) is 30.3 Å². The molecule has 0 saturated carbocycles. The molecule has 188 valence electrons. The highest BCUT2D eigenvalue weighted by atomic mass is 19.4. The maximum absolute atomic E-state index is 13.3. The van der Waals surface area contributed by atoms with Crippen LogP contribution in [0.3, 0.4) is 0 Å². The summed E-state index contributed by atoms with van der Waals surface area (Å²) >= 11 is 0. The van der Waals surface area contributed by atoms with E-state index in [4.69, 9.17) is 15.2 Å². The minimum atomic E-state index is -4.46. The molecule has 0 fully saturated rings. The molecule has 0 amide bonds. The van der Waals surface area contributed by atoms with Gasteiger partial charge in [0.2, 0.25) is 17.8 Å². The van der Waals surface area contributed by atoms with Crippen LogP contribution in [0.1, 0.15) is 11.1 Å². The minimum Gasteiger partial charge on any atom is -0.378 e. The van der Waals surface area contributed by atoms with E-state index in [0.717, 1.165) is 11.8 Å². The summed E-state index contributed by atoms with van der Waals surface area (Å²) in [4.78, 5) is 12.9.